The number of rotatable bonds is 7. The molecular formula is C20H23N3O3. The van der Waals surface area contributed by atoms with Crippen molar-refractivity contribution in [3.05, 3.63) is 59.7 Å². The summed E-state index contributed by atoms with van der Waals surface area (Å²) in [6.45, 7) is 3.70. The quantitative estimate of drug-likeness (QED) is 0.713. The normalized spacial score (nSPS) is 10.1. The van der Waals surface area contributed by atoms with Crippen LogP contribution in [0.15, 0.2) is 48.5 Å². The lowest BCUT2D eigenvalue weighted by Gasteiger charge is -2.09. The van der Waals surface area contributed by atoms with Crippen LogP contribution in [0.4, 0.5) is 11.4 Å². The molecule has 0 atom stereocenters. The first-order valence-electron chi connectivity index (χ1n) is 8.52. The Morgan fingerprint density at radius 3 is 2.31 bits per heavy atom. The maximum absolute atomic E-state index is 12.3. The third-order valence-corrected chi connectivity index (χ3v) is 3.59. The highest BCUT2D eigenvalue weighted by molar-refractivity contribution is 5.96. The molecule has 2 aromatic rings. The van der Waals surface area contributed by atoms with Crippen LogP contribution in [0.25, 0.3) is 0 Å². The Bertz CT molecular complexity index is 802. The summed E-state index contributed by atoms with van der Waals surface area (Å²) in [4.78, 5) is 35.1. The van der Waals surface area contributed by atoms with Crippen LogP contribution in [0.5, 0.6) is 0 Å². The highest BCUT2D eigenvalue weighted by Crippen LogP contribution is 2.13. The molecule has 3 amide bonds. The Morgan fingerprint density at radius 2 is 1.62 bits per heavy atom. The molecule has 0 aliphatic carbocycles. The van der Waals surface area contributed by atoms with E-state index in [0.29, 0.717) is 29.9 Å². The van der Waals surface area contributed by atoms with Crippen LogP contribution in [0.1, 0.15) is 42.6 Å². The zero-order valence-electron chi connectivity index (χ0n) is 15.0. The molecule has 0 radical (unpaired) electrons. The van der Waals surface area contributed by atoms with Crippen molar-refractivity contribution in [2.45, 2.75) is 33.2 Å². The van der Waals surface area contributed by atoms with E-state index in [0.717, 1.165) is 12.0 Å². The van der Waals surface area contributed by atoms with Crippen molar-refractivity contribution >= 4 is 29.1 Å². The molecule has 0 aliphatic heterocycles. The minimum absolute atomic E-state index is 0.0246. The largest absolute Gasteiger partial charge is 0.348 e. The van der Waals surface area contributed by atoms with E-state index in [1.54, 1.807) is 24.3 Å². The van der Waals surface area contributed by atoms with Gasteiger partial charge in [0, 0.05) is 36.8 Å². The predicted octanol–water partition coefficient (Wildman–Crippen LogP) is 3.31. The van der Waals surface area contributed by atoms with Crippen LogP contribution >= 0.6 is 0 Å². The summed E-state index contributed by atoms with van der Waals surface area (Å²) in [5, 5.41) is 8.32. The Kier molecular flexibility index (Phi) is 6.91. The van der Waals surface area contributed by atoms with Gasteiger partial charge in [0.1, 0.15) is 0 Å². The summed E-state index contributed by atoms with van der Waals surface area (Å²) in [5.74, 6) is -0.453. The average Bonchev–Trinajstić information content (AvgIpc) is 2.60. The third-order valence-electron chi connectivity index (χ3n) is 3.59. The number of carbonyl (C=O) groups excluding carboxylic acids is 3. The molecule has 136 valence electrons. The highest BCUT2D eigenvalue weighted by Gasteiger charge is 2.07. The molecule has 3 N–H and O–H groups in total. The molecule has 0 saturated carbocycles. The summed E-state index contributed by atoms with van der Waals surface area (Å²) in [6, 6.07) is 14.1. The highest BCUT2D eigenvalue weighted by atomic mass is 16.2. The van der Waals surface area contributed by atoms with Gasteiger partial charge in [-0.3, -0.25) is 14.4 Å². The fourth-order valence-corrected chi connectivity index (χ4v) is 2.44. The number of amides is 3. The molecule has 6 heteroatoms. The number of hydrogen-bond donors (Lipinski definition) is 3. The van der Waals surface area contributed by atoms with Crippen molar-refractivity contribution in [1.29, 1.82) is 0 Å². The first-order valence-corrected chi connectivity index (χ1v) is 8.52. The second-order valence-corrected chi connectivity index (χ2v) is 5.94. The zero-order valence-corrected chi connectivity index (χ0v) is 15.0. The zero-order chi connectivity index (χ0) is 18.9. The van der Waals surface area contributed by atoms with Gasteiger partial charge in [-0.25, -0.2) is 0 Å². The Morgan fingerprint density at radius 1 is 0.923 bits per heavy atom. The number of anilines is 2. The van der Waals surface area contributed by atoms with E-state index >= 15 is 0 Å². The first-order chi connectivity index (χ1) is 12.5. The molecule has 0 heterocycles. The first kappa shape index (κ1) is 19.2. The molecule has 2 rings (SSSR count). The SMILES string of the molecule is CCCC(=O)Nc1cccc(CNC(=O)c2cccc(NC(C)=O)c2)c1. The molecule has 0 unspecified atom stereocenters. The van der Waals surface area contributed by atoms with Gasteiger partial charge in [-0.15, -0.1) is 0 Å². The Balaban J connectivity index is 1.97. The van der Waals surface area contributed by atoms with Crippen LogP contribution in [-0.4, -0.2) is 17.7 Å². The van der Waals surface area contributed by atoms with Gasteiger partial charge < -0.3 is 16.0 Å². The lowest BCUT2D eigenvalue weighted by Crippen LogP contribution is -2.23. The van der Waals surface area contributed by atoms with Crippen molar-refractivity contribution < 1.29 is 14.4 Å². The maximum Gasteiger partial charge on any atom is 0.251 e. The van der Waals surface area contributed by atoms with Gasteiger partial charge in [0.25, 0.3) is 5.91 Å². The summed E-state index contributed by atoms with van der Waals surface area (Å²) in [5.41, 5.74) is 2.63. The summed E-state index contributed by atoms with van der Waals surface area (Å²) >= 11 is 0. The van der Waals surface area contributed by atoms with E-state index < -0.39 is 0 Å². The van der Waals surface area contributed by atoms with Gasteiger partial charge in [0.15, 0.2) is 0 Å². The van der Waals surface area contributed by atoms with E-state index in [-0.39, 0.29) is 17.7 Å². The van der Waals surface area contributed by atoms with Crippen LogP contribution < -0.4 is 16.0 Å². The topological polar surface area (TPSA) is 87.3 Å². The third kappa shape index (κ3) is 6.05. The van der Waals surface area contributed by atoms with E-state index in [4.69, 9.17) is 0 Å². The maximum atomic E-state index is 12.3. The molecule has 0 aromatic heterocycles. The molecular weight excluding hydrogens is 330 g/mol. The lowest BCUT2D eigenvalue weighted by molar-refractivity contribution is -0.116. The van der Waals surface area contributed by atoms with E-state index in [9.17, 15) is 14.4 Å². The molecule has 6 nitrogen and oxygen atoms in total. The molecule has 2 aromatic carbocycles. The summed E-state index contributed by atoms with van der Waals surface area (Å²) in [7, 11) is 0. The Hall–Kier alpha value is -3.15. The van der Waals surface area contributed by atoms with E-state index in [2.05, 4.69) is 16.0 Å². The molecule has 0 fully saturated rings. The van der Waals surface area contributed by atoms with Crippen LogP contribution in [0.3, 0.4) is 0 Å². The monoisotopic (exact) mass is 353 g/mol. The van der Waals surface area contributed by atoms with Gasteiger partial charge in [-0.2, -0.15) is 0 Å². The number of hydrogen-bond acceptors (Lipinski definition) is 3. The van der Waals surface area contributed by atoms with Gasteiger partial charge in [0.05, 0.1) is 0 Å². The number of carbonyl (C=O) groups is 3. The van der Waals surface area contributed by atoms with Crippen LogP contribution in [0.2, 0.25) is 0 Å². The van der Waals surface area contributed by atoms with E-state index in [1.807, 2.05) is 31.2 Å². The van der Waals surface area contributed by atoms with Crippen molar-refractivity contribution in [2.24, 2.45) is 0 Å². The summed E-state index contributed by atoms with van der Waals surface area (Å²) in [6.07, 6.45) is 1.27. The fraction of sp³-hybridized carbons (Fsp3) is 0.250. The van der Waals surface area contributed by atoms with Crippen LogP contribution in [0, 0.1) is 0 Å². The second kappa shape index (κ2) is 9.36. The van der Waals surface area contributed by atoms with Crippen molar-refractivity contribution in [3.8, 4) is 0 Å². The molecule has 0 aliphatic rings. The fourth-order valence-electron chi connectivity index (χ4n) is 2.44. The smallest absolute Gasteiger partial charge is 0.251 e. The predicted molar refractivity (Wildman–Crippen MR) is 102 cm³/mol. The van der Waals surface area contributed by atoms with Crippen molar-refractivity contribution in [1.82, 2.24) is 5.32 Å². The van der Waals surface area contributed by atoms with Gasteiger partial charge in [0.2, 0.25) is 11.8 Å². The molecule has 0 saturated heterocycles. The van der Waals surface area contributed by atoms with E-state index in [1.165, 1.54) is 6.92 Å². The Labute approximate surface area is 153 Å². The van der Waals surface area contributed by atoms with Crippen molar-refractivity contribution in [3.63, 3.8) is 0 Å². The van der Waals surface area contributed by atoms with Gasteiger partial charge in [-0.1, -0.05) is 25.1 Å². The number of benzene rings is 2. The number of nitrogens with one attached hydrogen (secondary N) is 3. The van der Waals surface area contributed by atoms with Crippen molar-refractivity contribution in [2.75, 3.05) is 10.6 Å². The van der Waals surface area contributed by atoms with Gasteiger partial charge in [-0.05, 0) is 42.3 Å². The average molecular weight is 353 g/mol. The standard InChI is InChI=1S/C20H23N3O3/c1-3-6-19(25)23-17-9-4-7-15(11-17)13-21-20(26)16-8-5-10-18(12-16)22-14(2)24/h4-5,7-12H,3,6,13H2,1-2H3,(H,21,26)(H,22,24)(H,23,25). The summed E-state index contributed by atoms with van der Waals surface area (Å²) < 4.78 is 0. The van der Waals surface area contributed by atoms with Gasteiger partial charge >= 0.3 is 0 Å². The molecule has 0 bridgehead atoms. The second-order valence-electron chi connectivity index (χ2n) is 5.94. The molecule has 26 heavy (non-hydrogen) atoms. The lowest BCUT2D eigenvalue weighted by atomic mass is 10.1. The minimum atomic E-state index is -0.238. The van der Waals surface area contributed by atoms with Crippen LogP contribution in [-0.2, 0) is 16.1 Å². The molecule has 0 spiro atoms. The minimum Gasteiger partial charge on any atom is -0.348 e.